The van der Waals surface area contributed by atoms with Gasteiger partial charge in [0.2, 0.25) is 0 Å². The smallest absolute Gasteiger partial charge is 0.198 e. The fraction of sp³-hybridized carbons (Fsp3) is 0.250. The molecule has 0 spiro atoms. The van der Waals surface area contributed by atoms with E-state index in [1.54, 1.807) is 6.07 Å². The summed E-state index contributed by atoms with van der Waals surface area (Å²) in [4.78, 5) is 16.5. The Morgan fingerprint density at radius 3 is 2.88 bits per heavy atom. The van der Waals surface area contributed by atoms with Gasteiger partial charge in [0.15, 0.2) is 11.3 Å². The molecule has 17 heavy (non-hydrogen) atoms. The van der Waals surface area contributed by atoms with Crippen molar-refractivity contribution in [2.75, 3.05) is 0 Å². The number of nitrogens with one attached hydrogen (secondary N) is 1. The Balaban J connectivity index is 2.25. The molecule has 1 aromatic carbocycles. The molecule has 86 valence electrons. The molecule has 4 nitrogen and oxygen atoms in total. The number of H-pyrrole nitrogens is 1. The normalized spacial score (nSPS) is 11.4. The van der Waals surface area contributed by atoms with E-state index in [2.05, 4.69) is 26.9 Å². The number of hydrogen-bond acceptors (Lipinski definition) is 3. The van der Waals surface area contributed by atoms with Crippen LogP contribution in [0, 0.1) is 0 Å². The number of aromatic nitrogens is 4. The van der Waals surface area contributed by atoms with E-state index in [1.807, 2.05) is 12.1 Å². The Hall–Kier alpha value is -1.68. The summed E-state index contributed by atoms with van der Waals surface area (Å²) in [5, 5.41) is 0.662. The van der Waals surface area contributed by atoms with Gasteiger partial charge in [-0.05, 0) is 24.6 Å². The molecule has 0 saturated carbocycles. The summed E-state index contributed by atoms with van der Waals surface area (Å²) in [5.74, 6) is 0.934. The summed E-state index contributed by atoms with van der Waals surface area (Å²) >= 11 is 5.93. The zero-order valence-corrected chi connectivity index (χ0v) is 10.1. The maximum atomic E-state index is 5.93. The third kappa shape index (κ3) is 1.85. The van der Waals surface area contributed by atoms with Crippen LogP contribution in [-0.2, 0) is 6.42 Å². The van der Waals surface area contributed by atoms with Crippen LogP contribution in [0.15, 0.2) is 18.2 Å². The average Bonchev–Trinajstić information content (AvgIpc) is 2.67. The van der Waals surface area contributed by atoms with Crippen molar-refractivity contribution in [2.24, 2.45) is 0 Å². The summed E-state index contributed by atoms with van der Waals surface area (Å²) in [6, 6.07) is 5.48. The van der Waals surface area contributed by atoms with E-state index >= 15 is 0 Å². The first-order chi connectivity index (χ1) is 8.26. The largest absolute Gasteiger partial charge is 0.325 e. The summed E-state index contributed by atoms with van der Waals surface area (Å²) in [7, 11) is 0. The molecule has 0 bridgehead atoms. The van der Waals surface area contributed by atoms with Crippen LogP contribution >= 0.6 is 11.6 Å². The van der Waals surface area contributed by atoms with E-state index in [-0.39, 0.29) is 0 Å². The first-order valence-corrected chi connectivity index (χ1v) is 5.96. The third-order valence-corrected chi connectivity index (χ3v) is 2.83. The molecule has 2 heterocycles. The van der Waals surface area contributed by atoms with Gasteiger partial charge in [0.25, 0.3) is 0 Å². The number of fused-ring (bicyclic) bond motifs is 2. The molecule has 0 unspecified atom stereocenters. The van der Waals surface area contributed by atoms with Gasteiger partial charge in [-0.2, -0.15) is 0 Å². The van der Waals surface area contributed by atoms with Crippen LogP contribution in [-0.4, -0.2) is 19.9 Å². The van der Waals surface area contributed by atoms with Crippen LogP contribution in [0.1, 0.15) is 19.2 Å². The standard InChI is InChI=1S/C12H11ClN4/c1-2-3-10-16-11-12(17-10)15-9-6-7(13)4-5-8(9)14-11/h4-6H,2-3H2,1H3,(H,14,15,16,17). The van der Waals surface area contributed by atoms with E-state index in [1.165, 1.54) is 0 Å². The molecule has 0 radical (unpaired) electrons. The third-order valence-electron chi connectivity index (χ3n) is 2.60. The lowest BCUT2D eigenvalue weighted by molar-refractivity contribution is 0.860. The Morgan fingerprint density at radius 1 is 1.18 bits per heavy atom. The Labute approximate surface area is 103 Å². The maximum Gasteiger partial charge on any atom is 0.198 e. The number of imidazole rings is 1. The Kier molecular flexibility index (Phi) is 2.44. The summed E-state index contributed by atoms with van der Waals surface area (Å²) < 4.78 is 0. The van der Waals surface area contributed by atoms with Crippen LogP contribution < -0.4 is 0 Å². The van der Waals surface area contributed by atoms with Crippen LogP contribution in [0.25, 0.3) is 22.3 Å². The van der Waals surface area contributed by atoms with Crippen LogP contribution in [0.2, 0.25) is 5.02 Å². The van der Waals surface area contributed by atoms with Gasteiger partial charge >= 0.3 is 0 Å². The lowest BCUT2D eigenvalue weighted by atomic mass is 10.3. The molecule has 2 aromatic heterocycles. The molecule has 5 heteroatoms. The maximum absolute atomic E-state index is 5.93. The molecule has 0 aliphatic carbocycles. The number of benzene rings is 1. The van der Waals surface area contributed by atoms with Gasteiger partial charge in [-0.3, -0.25) is 0 Å². The van der Waals surface area contributed by atoms with Crippen LogP contribution in [0.3, 0.4) is 0 Å². The minimum absolute atomic E-state index is 0.656. The molecule has 0 atom stereocenters. The number of nitrogens with zero attached hydrogens (tertiary/aromatic N) is 3. The Morgan fingerprint density at radius 2 is 2.06 bits per heavy atom. The highest BCUT2D eigenvalue weighted by atomic mass is 35.5. The Bertz CT molecular complexity index is 689. The zero-order chi connectivity index (χ0) is 11.8. The fourth-order valence-electron chi connectivity index (χ4n) is 1.83. The monoisotopic (exact) mass is 246 g/mol. The van der Waals surface area contributed by atoms with Crippen molar-refractivity contribution in [2.45, 2.75) is 19.8 Å². The SMILES string of the molecule is CCCc1nc2nc3cc(Cl)ccc3nc2[nH]1. The summed E-state index contributed by atoms with van der Waals surface area (Å²) in [5.41, 5.74) is 3.00. The topological polar surface area (TPSA) is 54.5 Å². The van der Waals surface area contributed by atoms with Crippen molar-refractivity contribution in [1.29, 1.82) is 0 Å². The van der Waals surface area contributed by atoms with E-state index < -0.39 is 0 Å². The number of aromatic amines is 1. The molecule has 0 aliphatic rings. The van der Waals surface area contributed by atoms with E-state index in [9.17, 15) is 0 Å². The molecule has 0 saturated heterocycles. The van der Waals surface area contributed by atoms with Gasteiger partial charge in [0, 0.05) is 11.4 Å². The number of aryl methyl sites for hydroxylation is 1. The second kappa shape index (κ2) is 3.96. The van der Waals surface area contributed by atoms with Gasteiger partial charge in [0.1, 0.15) is 5.82 Å². The quantitative estimate of drug-likeness (QED) is 0.756. The molecule has 3 rings (SSSR count). The molecule has 0 amide bonds. The molecular formula is C12H11ClN4. The number of hydrogen-bond donors (Lipinski definition) is 1. The first-order valence-electron chi connectivity index (χ1n) is 5.58. The molecule has 3 aromatic rings. The molecular weight excluding hydrogens is 236 g/mol. The second-order valence-electron chi connectivity index (χ2n) is 3.96. The summed E-state index contributed by atoms with van der Waals surface area (Å²) in [6.45, 7) is 2.12. The highest BCUT2D eigenvalue weighted by Gasteiger charge is 2.07. The number of rotatable bonds is 2. The van der Waals surface area contributed by atoms with Crippen molar-refractivity contribution >= 4 is 33.9 Å². The van der Waals surface area contributed by atoms with Crippen molar-refractivity contribution < 1.29 is 0 Å². The van der Waals surface area contributed by atoms with Crippen LogP contribution in [0.5, 0.6) is 0 Å². The number of halogens is 1. The van der Waals surface area contributed by atoms with E-state index in [0.29, 0.717) is 10.7 Å². The molecule has 0 aliphatic heterocycles. The lowest BCUT2D eigenvalue weighted by Crippen LogP contribution is -1.85. The van der Waals surface area contributed by atoms with Crippen molar-refractivity contribution in [3.63, 3.8) is 0 Å². The first kappa shape index (κ1) is 10.5. The second-order valence-corrected chi connectivity index (χ2v) is 4.40. The average molecular weight is 247 g/mol. The summed E-state index contributed by atoms with van der Waals surface area (Å²) in [6.07, 6.45) is 1.96. The highest BCUT2D eigenvalue weighted by Crippen LogP contribution is 2.18. The fourth-order valence-corrected chi connectivity index (χ4v) is 1.99. The zero-order valence-electron chi connectivity index (χ0n) is 9.37. The minimum Gasteiger partial charge on any atom is -0.325 e. The van der Waals surface area contributed by atoms with Crippen molar-refractivity contribution in [3.05, 3.63) is 29.0 Å². The van der Waals surface area contributed by atoms with Gasteiger partial charge in [-0.25, -0.2) is 15.0 Å². The highest BCUT2D eigenvalue weighted by molar-refractivity contribution is 6.31. The van der Waals surface area contributed by atoms with Gasteiger partial charge < -0.3 is 4.98 Å². The predicted octanol–water partition coefficient (Wildman–Crippen LogP) is 3.11. The predicted molar refractivity (Wildman–Crippen MR) is 68.2 cm³/mol. The van der Waals surface area contributed by atoms with E-state index in [0.717, 1.165) is 35.3 Å². The van der Waals surface area contributed by atoms with Crippen molar-refractivity contribution in [3.8, 4) is 0 Å². The van der Waals surface area contributed by atoms with Crippen molar-refractivity contribution in [1.82, 2.24) is 19.9 Å². The van der Waals surface area contributed by atoms with Gasteiger partial charge in [-0.15, -0.1) is 0 Å². The molecule has 1 N–H and O–H groups in total. The molecule has 0 fully saturated rings. The van der Waals surface area contributed by atoms with E-state index in [4.69, 9.17) is 11.6 Å². The van der Waals surface area contributed by atoms with Gasteiger partial charge in [0.05, 0.1) is 11.0 Å². The minimum atomic E-state index is 0.656. The lowest BCUT2D eigenvalue weighted by Gasteiger charge is -1.96. The van der Waals surface area contributed by atoms with Gasteiger partial charge in [-0.1, -0.05) is 18.5 Å². The van der Waals surface area contributed by atoms with Crippen LogP contribution in [0.4, 0.5) is 0 Å².